The van der Waals surface area contributed by atoms with Gasteiger partial charge in [0, 0.05) is 17.2 Å². The Bertz CT molecular complexity index is 986. The van der Waals surface area contributed by atoms with Crippen LogP contribution in [0, 0.1) is 24.2 Å². The van der Waals surface area contributed by atoms with Crippen molar-refractivity contribution in [2.75, 3.05) is 27.4 Å². The van der Waals surface area contributed by atoms with Gasteiger partial charge < -0.3 is 24.7 Å². The van der Waals surface area contributed by atoms with Gasteiger partial charge in [0.15, 0.2) is 0 Å². The zero-order valence-corrected chi connectivity index (χ0v) is 22.9. The number of hydrogen-bond donors (Lipinski definition) is 2. The number of hydrogen-bond acceptors (Lipinski definition) is 6. The first kappa shape index (κ1) is 27.6. The standard InChI is InChI=1S/C28H41ClN2O4/c1-17(8-10-22-26(32)23(14-30-34-7)19(3)25(29)27(22)33-6)12-13-28(5)18(2)9-11-24(20(28)4)31-21-15-35-16-21/h8,12-14,18,20-21,24,31-32H,9-11,15-16H2,1-7H3/b13-12+,17-8+,30-14+/t18-,20+,24-,28+/m1/s1. The molecule has 1 aromatic rings. The fourth-order valence-corrected chi connectivity index (χ4v) is 5.52. The number of ether oxygens (including phenoxy) is 2. The van der Waals surface area contributed by atoms with Crippen LogP contribution >= 0.6 is 11.6 Å². The van der Waals surface area contributed by atoms with Crippen LogP contribution in [0.4, 0.5) is 0 Å². The first-order chi connectivity index (χ1) is 16.6. The quantitative estimate of drug-likeness (QED) is 0.252. The normalized spacial score (nSPS) is 28.0. The number of aromatic hydroxyl groups is 1. The highest BCUT2D eigenvalue weighted by atomic mass is 35.5. The van der Waals surface area contributed by atoms with E-state index in [0.29, 0.717) is 57.8 Å². The third-order valence-corrected chi connectivity index (χ3v) is 8.67. The van der Waals surface area contributed by atoms with Crippen molar-refractivity contribution in [3.05, 3.63) is 45.5 Å². The lowest BCUT2D eigenvalue weighted by Crippen LogP contribution is -2.56. The van der Waals surface area contributed by atoms with Crippen molar-refractivity contribution in [1.82, 2.24) is 5.32 Å². The summed E-state index contributed by atoms with van der Waals surface area (Å²) >= 11 is 6.56. The molecule has 0 unspecified atom stereocenters. The van der Waals surface area contributed by atoms with Crippen molar-refractivity contribution in [3.63, 3.8) is 0 Å². The van der Waals surface area contributed by atoms with Crippen molar-refractivity contribution in [1.29, 1.82) is 0 Å². The molecule has 1 saturated carbocycles. The first-order valence-corrected chi connectivity index (χ1v) is 12.9. The zero-order valence-electron chi connectivity index (χ0n) is 22.2. The maximum atomic E-state index is 11.0. The molecule has 3 rings (SSSR count). The van der Waals surface area contributed by atoms with Gasteiger partial charge in [-0.1, -0.05) is 61.3 Å². The third kappa shape index (κ3) is 5.87. The average molecular weight is 505 g/mol. The summed E-state index contributed by atoms with van der Waals surface area (Å²) in [6, 6.07) is 0.996. The Morgan fingerprint density at radius 2 is 2.00 bits per heavy atom. The molecule has 4 atom stereocenters. The highest BCUT2D eigenvalue weighted by Crippen LogP contribution is 2.47. The Morgan fingerprint density at radius 1 is 1.29 bits per heavy atom. The summed E-state index contributed by atoms with van der Waals surface area (Å²) in [6.07, 6.45) is 11.1. The van der Waals surface area contributed by atoms with Gasteiger partial charge in [-0.2, -0.15) is 0 Å². The van der Waals surface area contributed by atoms with Crippen molar-refractivity contribution >= 4 is 17.8 Å². The molecule has 1 aliphatic heterocycles. The molecule has 6 nitrogen and oxygen atoms in total. The largest absolute Gasteiger partial charge is 0.507 e. The SMILES string of the molecule is CO/N=C/c1c(C)c(Cl)c(OC)c(C/C=C(C)/C=C/[C@@]2(C)[C@H](C)CC[C@@H](NC3COC3)[C@@H]2C)c1O. The van der Waals surface area contributed by atoms with Crippen LogP contribution in [0.3, 0.4) is 0 Å². The highest BCUT2D eigenvalue weighted by Gasteiger charge is 2.43. The highest BCUT2D eigenvalue weighted by molar-refractivity contribution is 6.33. The molecule has 1 aromatic carbocycles. The second kappa shape index (κ2) is 11.8. The molecule has 1 saturated heterocycles. The number of allylic oxidation sites excluding steroid dienone is 4. The molecular weight excluding hydrogens is 464 g/mol. The van der Waals surface area contributed by atoms with Crippen LogP contribution < -0.4 is 10.1 Å². The number of oxime groups is 1. The summed E-state index contributed by atoms with van der Waals surface area (Å²) in [5.41, 5.74) is 3.06. The average Bonchev–Trinajstić information content (AvgIpc) is 2.81. The second-order valence-corrected chi connectivity index (χ2v) is 10.6. The van der Waals surface area contributed by atoms with E-state index in [4.69, 9.17) is 25.9 Å². The molecular formula is C28H41ClN2O4. The Balaban J connectivity index is 1.81. The van der Waals surface area contributed by atoms with E-state index in [1.807, 2.05) is 6.92 Å². The lowest BCUT2D eigenvalue weighted by atomic mass is 9.60. The predicted octanol–water partition coefficient (Wildman–Crippen LogP) is 5.82. The van der Waals surface area contributed by atoms with Crippen LogP contribution in [0.2, 0.25) is 5.02 Å². The van der Waals surface area contributed by atoms with Crippen LogP contribution in [0.1, 0.15) is 57.2 Å². The summed E-state index contributed by atoms with van der Waals surface area (Å²) < 4.78 is 10.9. The molecule has 0 bridgehead atoms. The minimum atomic E-state index is 0.0897. The number of nitrogens with one attached hydrogen (secondary N) is 1. The summed E-state index contributed by atoms with van der Waals surface area (Å²) in [7, 11) is 3.03. The van der Waals surface area contributed by atoms with Crippen LogP contribution in [0.15, 0.2) is 29.0 Å². The van der Waals surface area contributed by atoms with E-state index >= 15 is 0 Å². The van der Waals surface area contributed by atoms with E-state index in [9.17, 15) is 5.11 Å². The molecule has 7 heteroatoms. The topological polar surface area (TPSA) is 72.3 Å². The van der Waals surface area contributed by atoms with E-state index < -0.39 is 0 Å². The third-order valence-electron chi connectivity index (χ3n) is 8.22. The van der Waals surface area contributed by atoms with Crippen molar-refractivity contribution < 1.29 is 19.4 Å². The molecule has 35 heavy (non-hydrogen) atoms. The molecule has 0 aromatic heterocycles. The van der Waals surface area contributed by atoms with Crippen LogP contribution in [-0.4, -0.2) is 50.8 Å². The fourth-order valence-electron chi connectivity index (χ4n) is 5.23. The second-order valence-electron chi connectivity index (χ2n) is 10.3. The van der Waals surface area contributed by atoms with E-state index in [1.54, 1.807) is 7.11 Å². The van der Waals surface area contributed by atoms with Crippen LogP contribution in [0.25, 0.3) is 0 Å². The minimum absolute atomic E-state index is 0.0897. The molecule has 2 fully saturated rings. The Morgan fingerprint density at radius 3 is 2.60 bits per heavy atom. The van der Waals surface area contributed by atoms with Crippen molar-refractivity contribution in [2.24, 2.45) is 22.4 Å². The van der Waals surface area contributed by atoms with Gasteiger partial charge in [0.25, 0.3) is 0 Å². The van der Waals surface area contributed by atoms with Crippen LogP contribution in [-0.2, 0) is 16.0 Å². The molecule has 2 aliphatic rings. The van der Waals surface area contributed by atoms with Gasteiger partial charge in [-0.05, 0) is 55.9 Å². The Labute approximate surface area is 215 Å². The molecule has 1 aliphatic carbocycles. The van der Waals surface area contributed by atoms with Gasteiger partial charge in [-0.15, -0.1) is 0 Å². The molecule has 2 N–H and O–H groups in total. The predicted molar refractivity (Wildman–Crippen MR) is 143 cm³/mol. The smallest absolute Gasteiger partial charge is 0.144 e. The number of halogens is 1. The first-order valence-electron chi connectivity index (χ1n) is 12.5. The zero-order chi connectivity index (χ0) is 25.8. The molecule has 0 amide bonds. The Hall–Kier alpha value is -2.02. The number of phenolic OH excluding ortho intramolecular Hbond substituents is 1. The molecule has 1 heterocycles. The molecule has 194 valence electrons. The van der Waals surface area contributed by atoms with Crippen molar-refractivity contribution in [2.45, 2.75) is 66.0 Å². The molecule has 0 spiro atoms. The van der Waals surface area contributed by atoms with Gasteiger partial charge in [0.1, 0.15) is 18.6 Å². The van der Waals surface area contributed by atoms with Gasteiger partial charge in [0.05, 0.1) is 37.6 Å². The van der Waals surface area contributed by atoms with E-state index in [2.05, 4.69) is 56.4 Å². The van der Waals surface area contributed by atoms with E-state index in [1.165, 1.54) is 26.2 Å². The summed E-state index contributed by atoms with van der Waals surface area (Å²) in [4.78, 5) is 4.80. The van der Waals surface area contributed by atoms with Gasteiger partial charge >= 0.3 is 0 Å². The minimum Gasteiger partial charge on any atom is -0.507 e. The monoisotopic (exact) mass is 504 g/mol. The van der Waals surface area contributed by atoms with Gasteiger partial charge in [0.2, 0.25) is 0 Å². The number of methoxy groups -OCH3 is 1. The maximum Gasteiger partial charge on any atom is 0.144 e. The van der Waals surface area contributed by atoms with Crippen LogP contribution in [0.5, 0.6) is 11.5 Å². The number of rotatable bonds is 9. The van der Waals surface area contributed by atoms with Gasteiger partial charge in [-0.25, -0.2) is 0 Å². The van der Waals surface area contributed by atoms with Gasteiger partial charge in [-0.3, -0.25) is 0 Å². The van der Waals surface area contributed by atoms with E-state index in [-0.39, 0.29) is 11.2 Å². The summed E-state index contributed by atoms with van der Waals surface area (Å²) in [6.45, 7) is 12.7. The summed E-state index contributed by atoms with van der Waals surface area (Å²) in [5, 5.41) is 19.1. The lowest BCUT2D eigenvalue weighted by molar-refractivity contribution is -0.0258. The number of nitrogens with zero attached hydrogens (tertiary/aromatic N) is 1. The number of phenols is 1. The van der Waals surface area contributed by atoms with E-state index in [0.717, 1.165) is 18.8 Å². The lowest BCUT2D eigenvalue weighted by Gasteiger charge is -2.49. The summed E-state index contributed by atoms with van der Waals surface area (Å²) in [5.74, 6) is 1.70. The fraction of sp³-hybridized carbons (Fsp3) is 0.607. The Kier molecular flexibility index (Phi) is 9.30. The maximum absolute atomic E-state index is 11.0. The molecule has 0 radical (unpaired) electrons. The van der Waals surface area contributed by atoms with Crippen molar-refractivity contribution in [3.8, 4) is 11.5 Å². The number of benzene rings is 1.